The average molecular weight is 484 g/mol. The molecule has 0 bridgehead atoms. The first-order valence-electron chi connectivity index (χ1n) is 16.0. The fraction of sp³-hybridized carbons (Fsp3) is 1.00. The molecule has 0 aliphatic heterocycles. The van der Waals surface area contributed by atoms with Crippen molar-refractivity contribution in [3.63, 3.8) is 0 Å². The van der Waals surface area contributed by atoms with Crippen LogP contribution in [0.15, 0.2) is 0 Å². The van der Waals surface area contributed by atoms with Gasteiger partial charge in [-0.2, -0.15) is 0 Å². The number of hydrogen-bond donors (Lipinski definition) is 0. The zero-order valence-electron chi connectivity index (χ0n) is 24.4. The molecule has 0 nitrogen and oxygen atoms in total. The molecule has 0 saturated carbocycles. The molecule has 0 aromatic rings. The van der Waals surface area contributed by atoms with Crippen LogP contribution >= 0.6 is 7.26 Å². The van der Waals surface area contributed by atoms with Gasteiger partial charge in [-0.25, -0.2) is 0 Å². The van der Waals surface area contributed by atoms with Crippen LogP contribution in [0.3, 0.4) is 0 Å². The zero-order chi connectivity index (χ0) is 24.5. The minimum absolute atomic E-state index is 0.777. The van der Waals surface area contributed by atoms with E-state index in [0.29, 0.717) is 0 Å². The molecule has 0 heterocycles. The Labute approximate surface area is 213 Å². The maximum Gasteiger partial charge on any atom is 0.0669 e. The summed E-state index contributed by atoms with van der Waals surface area (Å²) in [6, 6.07) is 0. The topological polar surface area (TPSA) is 0 Å². The van der Waals surface area contributed by atoms with Gasteiger partial charge in [0.05, 0.1) is 24.1 Å². The molecule has 0 rings (SSSR count). The van der Waals surface area contributed by atoms with E-state index in [0.717, 1.165) is 5.66 Å². The zero-order valence-corrected chi connectivity index (χ0v) is 25.3. The lowest BCUT2D eigenvalue weighted by atomic mass is 10.1. The smallest absolute Gasteiger partial charge is 0.0654 e. The van der Waals surface area contributed by atoms with Crippen LogP contribution in [0.1, 0.15) is 182 Å². The van der Waals surface area contributed by atoms with E-state index in [1.807, 2.05) is 0 Å². The van der Waals surface area contributed by atoms with Crippen molar-refractivity contribution >= 4 is 7.26 Å². The Morgan fingerprint density at radius 2 is 0.636 bits per heavy atom. The van der Waals surface area contributed by atoms with Gasteiger partial charge in [0.1, 0.15) is 0 Å². The van der Waals surface area contributed by atoms with Gasteiger partial charge in [-0.1, -0.05) is 124 Å². The molecule has 1 atom stereocenters. The van der Waals surface area contributed by atoms with Crippen LogP contribution in [-0.2, 0) is 0 Å². The normalized spacial score (nSPS) is 13.0. The molecule has 33 heavy (non-hydrogen) atoms. The molecule has 0 saturated heterocycles. The maximum absolute atomic E-state index is 2.68. The highest BCUT2D eigenvalue weighted by Crippen LogP contribution is 2.66. The van der Waals surface area contributed by atoms with Crippen molar-refractivity contribution in [2.45, 2.75) is 188 Å². The molecular weight excluding hydrogens is 415 g/mol. The number of hydrogen-bond acceptors (Lipinski definition) is 0. The van der Waals surface area contributed by atoms with E-state index < -0.39 is 7.26 Å². The van der Waals surface area contributed by atoms with Crippen LogP contribution in [-0.4, -0.2) is 24.1 Å². The van der Waals surface area contributed by atoms with E-state index in [1.54, 1.807) is 24.9 Å². The quantitative estimate of drug-likeness (QED) is 0.0804. The molecule has 0 fully saturated rings. The highest BCUT2D eigenvalue weighted by Gasteiger charge is 2.40. The Morgan fingerprint density at radius 3 is 0.970 bits per heavy atom. The van der Waals surface area contributed by atoms with E-state index in [9.17, 15) is 0 Å². The van der Waals surface area contributed by atoms with Gasteiger partial charge >= 0.3 is 0 Å². The minimum atomic E-state index is -0.777. The predicted molar refractivity (Wildman–Crippen MR) is 160 cm³/mol. The highest BCUT2D eigenvalue weighted by atomic mass is 31.2. The van der Waals surface area contributed by atoms with Crippen LogP contribution in [0, 0.1) is 0 Å². The van der Waals surface area contributed by atoms with E-state index in [4.69, 9.17) is 0 Å². The van der Waals surface area contributed by atoms with Crippen LogP contribution in [0.25, 0.3) is 0 Å². The van der Waals surface area contributed by atoms with Crippen LogP contribution in [0.5, 0.6) is 0 Å². The summed E-state index contributed by atoms with van der Waals surface area (Å²) in [5.41, 5.74) is 1.04. The van der Waals surface area contributed by atoms with Crippen LogP contribution in [0.2, 0.25) is 0 Å². The SMILES string of the molecule is CCCCCCCCCCCCCC[P+](CCCCCC)(CCCCCC)C(C)CCCC. The second kappa shape index (κ2) is 25.5. The van der Waals surface area contributed by atoms with E-state index >= 15 is 0 Å². The molecule has 0 spiro atoms. The molecule has 0 N–H and O–H groups in total. The van der Waals surface area contributed by atoms with E-state index in [2.05, 4.69) is 34.6 Å². The summed E-state index contributed by atoms with van der Waals surface area (Å²) in [5.74, 6) is 0. The minimum Gasteiger partial charge on any atom is -0.0654 e. The summed E-state index contributed by atoms with van der Waals surface area (Å²) in [6.45, 7) is 12.1. The predicted octanol–water partition coefficient (Wildman–Crippen LogP) is 12.4. The van der Waals surface area contributed by atoms with Crippen molar-refractivity contribution in [3.05, 3.63) is 0 Å². The molecule has 1 unspecified atom stereocenters. The summed E-state index contributed by atoms with van der Waals surface area (Å²) < 4.78 is 0. The summed E-state index contributed by atoms with van der Waals surface area (Å²) in [5, 5.41) is 0. The number of rotatable bonds is 27. The summed E-state index contributed by atoms with van der Waals surface area (Å²) in [4.78, 5) is 0. The van der Waals surface area contributed by atoms with Gasteiger partial charge in [-0.05, 0) is 58.3 Å². The molecule has 200 valence electrons. The monoisotopic (exact) mass is 484 g/mol. The number of unbranched alkanes of at least 4 members (excludes halogenated alkanes) is 18. The molecule has 0 amide bonds. The molecule has 0 aromatic heterocycles. The van der Waals surface area contributed by atoms with Gasteiger partial charge in [0.2, 0.25) is 0 Å². The standard InChI is InChI=1S/C32H68P/c1-6-10-14-17-18-19-20-21-22-23-24-27-31-33(29-25-15-11-7-2,30-26-16-12-8-3)32(5)28-13-9-4/h32H,6-31H2,1-5H3/q+1. The van der Waals surface area contributed by atoms with Crippen molar-refractivity contribution in [1.82, 2.24) is 0 Å². The van der Waals surface area contributed by atoms with E-state index in [-0.39, 0.29) is 0 Å². The van der Waals surface area contributed by atoms with Gasteiger partial charge in [-0.15, -0.1) is 0 Å². The summed E-state index contributed by atoms with van der Waals surface area (Å²) >= 11 is 0. The van der Waals surface area contributed by atoms with Crippen molar-refractivity contribution < 1.29 is 0 Å². The Balaban J connectivity index is 4.46. The Kier molecular flexibility index (Phi) is 25.9. The van der Waals surface area contributed by atoms with Crippen LogP contribution < -0.4 is 0 Å². The molecule has 1 heteroatoms. The van der Waals surface area contributed by atoms with Crippen LogP contribution in [0.4, 0.5) is 0 Å². The summed E-state index contributed by atoms with van der Waals surface area (Å²) in [7, 11) is -0.777. The Bertz CT molecular complexity index is 352. The Hall–Kier alpha value is 0.430. The first-order valence-corrected chi connectivity index (χ1v) is 18.4. The lowest BCUT2D eigenvalue weighted by Gasteiger charge is -2.34. The fourth-order valence-electron chi connectivity index (χ4n) is 5.74. The van der Waals surface area contributed by atoms with Gasteiger partial charge in [0.15, 0.2) is 0 Å². The maximum atomic E-state index is 2.68. The molecule has 0 aliphatic rings. The molecule has 0 radical (unpaired) electrons. The second-order valence-corrected chi connectivity index (χ2v) is 16.1. The van der Waals surface area contributed by atoms with Gasteiger partial charge in [-0.3, -0.25) is 0 Å². The molecular formula is C32H68P+. The van der Waals surface area contributed by atoms with Crippen molar-refractivity contribution in [1.29, 1.82) is 0 Å². The first kappa shape index (κ1) is 33.4. The third-order valence-corrected chi connectivity index (χ3v) is 14.0. The molecule has 0 aromatic carbocycles. The Morgan fingerprint density at radius 1 is 0.364 bits per heavy atom. The van der Waals surface area contributed by atoms with Gasteiger partial charge in [0.25, 0.3) is 0 Å². The van der Waals surface area contributed by atoms with Gasteiger partial charge in [0, 0.05) is 7.26 Å². The van der Waals surface area contributed by atoms with Gasteiger partial charge < -0.3 is 0 Å². The third kappa shape index (κ3) is 19.3. The molecule has 0 aliphatic carbocycles. The van der Waals surface area contributed by atoms with Crippen molar-refractivity contribution in [3.8, 4) is 0 Å². The largest absolute Gasteiger partial charge is 0.0669 e. The highest BCUT2D eigenvalue weighted by molar-refractivity contribution is 7.76. The summed E-state index contributed by atoms with van der Waals surface area (Å²) in [6.07, 6.45) is 38.8. The first-order chi connectivity index (χ1) is 16.2. The fourth-order valence-corrected chi connectivity index (χ4v) is 11.0. The third-order valence-electron chi connectivity index (χ3n) is 8.28. The second-order valence-electron chi connectivity index (χ2n) is 11.4. The lowest BCUT2D eigenvalue weighted by Crippen LogP contribution is -2.20. The van der Waals surface area contributed by atoms with E-state index in [1.165, 1.54) is 141 Å². The van der Waals surface area contributed by atoms with Crippen molar-refractivity contribution in [2.75, 3.05) is 18.5 Å². The average Bonchev–Trinajstić information content (AvgIpc) is 2.83. The lowest BCUT2D eigenvalue weighted by molar-refractivity contribution is 0.548. The van der Waals surface area contributed by atoms with Crippen molar-refractivity contribution in [2.24, 2.45) is 0 Å².